The molecule has 0 spiro atoms. The molecule has 0 aromatic heterocycles. The standard InChI is InChI=1S/C6H11N.ClH/c1-4-6(7)5(2)3;/h1,5-6H,7H2,2-3H3;1H. The third-order valence-electron chi connectivity index (χ3n) is 0.911. The lowest BCUT2D eigenvalue weighted by Crippen LogP contribution is -2.23. The number of hydrogen-bond donors (Lipinski definition) is 1. The summed E-state index contributed by atoms with van der Waals surface area (Å²) in [5.41, 5.74) is 5.38. The largest absolute Gasteiger partial charge is 0.317 e. The Kier molecular flexibility index (Phi) is 6.65. The Labute approximate surface area is 57.1 Å². The van der Waals surface area contributed by atoms with Crippen LogP contribution in [0.25, 0.3) is 0 Å². The van der Waals surface area contributed by atoms with Crippen molar-refractivity contribution in [1.82, 2.24) is 0 Å². The third kappa shape index (κ3) is 3.98. The molecule has 0 saturated heterocycles. The van der Waals surface area contributed by atoms with Crippen LogP contribution in [0.1, 0.15) is 13.8 Å². The van der Waals surface area contributed by atoms with Gasteiger partial charge in [0, 0.05) is 0 Å². The van der Waals surface area contributed by atoms with E-state index in [0.29, 0.717) is 5.92 Å². The zero-order valence-electron chi connectivity index (χ0n) is 5.22. The van der Waals surface area contributed by atoms with Gasteiger partial charge in [-0.1, -0.05) is 19.8 Å². The van der Waals surface area contributed by atoms with Crippen LogP contribution in [0, 0.1) is 18.3 Å². The molecule has 8 heavy (non-hydrogen) atoms. The lowest BCUT2D eigenvalue weighted by molar-refractivity contribution is 0.585. The number of halogens is 1. The van der Waals surface area contributed by atoms with E-state index in [4.69, 9.17) is 12.2 Å². The molecular formula is C6H12ClN. The van der Waals surface area contributed by atoms with Crippen LogP contribution in [-0.2, 0) is 0 Å². The number of hydrogen-bond acceptors (Lipinski definition) is 1. The first-order chi connectivity index (χ1) is 3.18. The van der Waals surface area contributed by atoms with Gasteiger partial charge >= 0.3 is 0 Å². The average Bonchev–Trinajstić information content (AvgIpc) is 1.65. The summed E-state index contributed by atoms with van der Waals surface area (Å²) >= 11 is 0. The fourth-order valence-corrected chi connectivity index (χ4v) is 0.192. The Hall–Kier alpha value is -0.190. The minimum atomic E-state index is -0.0694. The molecule has 0 aliphatic rings. The molecule has 0 aliphatic carbocycles. The van der Waals surface area contributed by atoms with Crippen LogP contribution in [0.3, 0.4) is 0 Å². The van der Waals surface area contributed by atoms with Gasteiger partial charge in [0.1, 0.15) is 0 Å². The predicted molar refractivity (Wildman–Crippen MR) is 38.9 cm³/mol. The number of nitrogens with two attached hydrogens (primary N) is 1. The SMILES string of the molecule is C#CC(N)C(C)C.Cl. The first-order valence-electron chi connectivity index (χ1n) is 2.40. The van der Waals surface area contributed by atoms with Crippen LogP contribution in [0.15, 0.2) is 0 Å². The molecule has 2 heteroatoms. The molecule has 1 nitrogen and oxygen atoms in total. The maximum atomic E-state index is 5.38. The Morgan fingerprint density at radius 3 is 1.88 bits per heavy atom. The Bertz CT molecular complexity index is 83.0. The summed E-state index contributed by atoms with van der Waals surface area (Å²) in [5.74, 6) is 2.85. The van der Waals surface area contributed by atoms with Gasteiger partial charge in [-0.15, -0.1) is 18.8 Å². The highest BCUT2D eigenvalue weighted by Crippen LogP contribution is 1.93. The van der Waals surface area contributed by atoms with Gasteiger partial charge < -0.3 is 5.73 Å². The highest BCUT2D eigenvalue weighted by molar-refractivity contribution is 5.85. The molecule has 48 valence electrons. The van der Waals surface area contributed by atoms with E-state index >= 15 is 0 Å². The summed E-state index contributed by atoms with van der Waals surface area (Å²) in [6, 6.07) is -0.0694. The second-order valence-electron chi connectivity index (χ2n) is 1.94. The van der Waals surface area contributed by atoms with E-state index in [-0.39, 0.29) is 18.4 Å². The molecule has 0 heterocycles. The van der Waals surface area contributed by atoms with Crippen molar-refractivity contribution in [2.24, 2.45) is 11.7 Å². The smallest absolute Gasteiger partial charge is 0.0685 e. The average molecular weight is 134 g/mol. The summed E-state index contributed by atoms with van der Waals surface area (Å²) in [4.78, 5) is 0. The van der Waals surface area contributed by atoms with Crippen molar-refractivity contribution in [3.63, 3.8) is 0 Å². The van der Waals surface area contributed by atoms with E-state index in [2.05, 4.69) is 5.92 Å². The van der Waals surface area contributed by atoms with Crippen molar-refractivity contribution >= 4 is 12.4 Å². The van der Waals surface area contributed by atoms with Crippen LogP contribution in [0.4, 0.5) is 0 Å². The van der Waals surface area contributed by atoms with Gasteiger partial charge in [-0.2, -0.15) is 0 Å². The monoisotopic (exact) mass is 133 g/mol. The maximum Gasteiger partial charge on any atom is 0.0685 e. The zero-order valence-corrected chi connectivity index (χ0v) is 6.03. The van der Waals surface area contributed by atoms with Gasteiger partial charge in [0.2, 0.25) is 0 Å². The van der Waals surface area contributed by atoms with E-state index in [1.165, 1.54) is 0 Å². The van der Waals surface area contributed by atoms with Crippen molar-refractivity contribution in [1.29, 1.82) is 0 Å². The Morgan fingerprint density at radius 1 is 1.50 bits per heavy atom. The molecule has 0 saturated carbocycles. The highest BCUT2D eigenvalue weighted by Gasteiger charge is 1.99. The summed E-state index contributed by atoms with van der Waals surface area (Å²) in [5, 5.41) is 0. The van der Waals surface area contributed by atoms with Gasteiger partial charge in [-0.05, 0) is 5.92 Å². The first kappa shape index (κ1) is 10.7. The molecule has 0 fully saturated rings. The van der Waals surface area contributed by atoms with Crippen molar-refractivity contribution in [2.75, 3.05) is 0 Å². The van der Waals surface area contributed by atoms with E-state index < -0.39 is 0 Å². The number of rotatable bonds is 1. The lowest BCUT2D eigenvalue weighted by Gasteiger charge is -2.05. The first-order valence-corrected chi connectivity index (χ1v) is 2.40. The van der Waals surface area contributed by atoms with Crippen molar-refractivity contribution in [2.45, 2.75) is 19.9 Å². The topological polar surface area (TPSA) is 26.0 Å². The lowest BCUT2D eigenvalue weighted by atomic mass is 10.1. The van der Waals surface area contributed by atoms with E-state index in [1.807, 2.05) is 13.8 Å². The van der Waals surface area contributed by atoms with Gasteiger partial charge in [-0.3, -0.25) is 0 Å². The molecule has 0 rings (SSSR count). The summed E-state index contributed by atoms with van der Waals surface area (Å²) in [7, 11) is 0. The van der Waals surface area contributed by atoms with E-state index in [9.17, 15) is 0 Å². The van der Waals surface area contributed by atoms with Crippen LogP contribution in [0.2, 0.25) is 0 Å². The van der Waals surface area contributed by atoms with Crippen molar-refractivity contribution in [3.05, 3.63) is 0 Å². The molecule has 0 aromatic rings. The third-order valence-corrected chi connectivity index (χ3v) is 0.911. The van der Waals surface area contributed by atoms with E-state index in [1.54, 1.807) is 0 Å². The molecule has 2 N–H and O–H groups in total. The normalized spacial score (nSPS) is 11.9. The number of terminal acetylenes is 1. The van der Waals surface area contributed by atoms with Crippen molar-refractivity contribution < 1.29 is 0 Å². The fraction of sp³-hybridized carbons (Fsp3) is 0.667. The molecule has 1 unspecified atom stereocenters. The molecular weight excluding hydrogens is 122 g/mol. The summed E-state index contributed by atoms with van der Waals surface area (Å²) in [6.07, 6.45) is 5.00. The minimum absolute atomic E-state index is 0. The Balaban J connectivity index is 0. The predicted octanol–water partition coefficient (Wildman–Crippen LogP) is 1.02. The van der Waals surface area contributed by atoms with Gasteiger partial charge in [-0.25, -0.2) is 0 Å². The Morgan fingerprint density at radius 2 is 1.88 bits per heavy atom. The quantitative estimate of drug-likeness (QED) is 0.532. The van der Waals surface area contributed by atoms with Crippen LogP contribution >= 0.6 is 12.4 Å². The van der Waals surface area contributed by atoms with Crippen molar-refractivity contribution in [3.8, 4) is 12.3 Å². The zero-order chi connectivity index (χ0) is 5.86. The molecule has 0 aliphatic heterocycles. The van der Waals surface area contributed by atoms with Gasteiger partial charge in [0.25, 0.3) is 0 Å². The maximum absolute atomic E-state index is 5.38. The molecule has 0 aromatic carbocycles. The van der Waals surface area contributed by atoms with Crippen LogP contribution < -0.4 is 5.73 Å². The van der Waals surface area contributed by atoms with E-state index in [0.717, 1.165) is 0 Å². The van der Waals surface area contributed by atoms with Gasteiger partial charge in [0.05, 0.1) is 6.04 Å². The highest BCUT2D eigenvalue weighted by atomic mass is 35.5. The summed E-state index contributed by atoms with van der Waals surface area (Å²) < 4.78 is 0. The molecule has 0 radical (unpaired) electrons. The molecule has 0 bridgehead atoms. The van der Waals surface area contributed by atoms with Gasteiger partial charge in [0.15, 0.2) is 0 Å². The minimum Gasteiger partial charge on any atom is -0.317 e. The summed E-state index contributed by atoms with van der Waals surface area (Å²) in [6.45, 7) is 4.01. The molecule has 0 amide bonds. The van der Waals surface area contributed by atoms with Crippen LogP contribution in [0.5, 0.6) is 0 Å². The molecule has 1 atom stereocenters. The second-order valence-corrected chi connectivity index (χ2v) is 1.94. The fourth-order valence-electron chi connectivity index (χ4n) is 0.192. The second kappa shape index (κ2) is 4.96. The van der Waals surface area contributed by atoms with Crippen LogP contribution in [-0.4, -0.2) is 6.04 Å².